The number of aliphatic imine (C=N–C) groups is 1. The van der Waals surface area contributed by atoms with E-state index in [1.165, 1.54) is 18.5 Å². The predicted molar refractivity (Wildman–Crippen MR) is 68.5 cm³/mol. The number of primary amides is 1. The highest BCUT2D eigenvalue weighted by atomic mass is 16.5. The molecule has 2 N–H and O–H groups in total. The lowest BCUT2D eigenvalue weighted by atomic mass is 10.2. The van der Waals surface area contributed by atoms with Crippen molar-refractivity contribution in [2.75, 3.05) is 0 Å². The van der Waals surface area contributed by atoms with Crippen molar-refractivity contribution in [3.8, 4) is 11.5 Å². The monoisotopic (exact) mass is 241 g/mol. The third-order valence-electron chi connectivity index (χ3n) is 2.25. The maximum Gasteiger partial charge on any atom is 0.250 e. The first kappa shape index (κ1) is 11.8. The molecule has 1 heterocycles. The van der Waals surface area contributed by atoms with Crippen LogP contribution < -0.4 is 10.5 Å². The van der Waals surface area contributed by atoms with Gasteiger partial charge < -0.3 is 10.5 Å². The molecule has 0 aliphatic heterocycles. The molecular formula is C13H11N3O2. The molecule has 0 spiro atoms. The van der Waals surface area contributed by atoms with Crippen LogP contribution in [-0.2, 0) is 0 Å². The Hall–Kier alpha value is -2.69. The molecule has 5 heteroatoms. The summed E-state index contributed by atoms with van der Waals surface area (Å²) in [6.45, 7) is 3.42. The molecule has 0 unspecified atom stereocenters. The number of nitrogens with two attached hydrogens (primary N) is 1. The largest absolute Gasteiger partial charge is 0.456 e. The maximum absolute atomic E-state index is 11.0. The third kappa shape index (κ3) is 2.70. The summed E-state index contributed by atoms with van der Waals surface area (Å²) >= 11 is 0. The summed E-state index contributed by atoms with van der Waals surface area (Å²) in [6.07, 6.45) is 2.89. The number of ether oxygens (including phenoxy) is 1. The van der Waals surface area contributed by atoms with Crippen LogP contribution in [0.3, 0.4) is 0 Å². The number of amides is 1. The molecule has 90 valence electrons. The Bertz CT molecular complexity index is 579. The summed E-state index contributed by atoms with van der Waals surface area (Å²) in [6, 6.07) is 8.58. The van der Waals surface area contributed by atoms with E-state index in [0.717, 1.165) is 5.69 Å². The Morgan fingerprint density at radius 3 is 2.56 bits per heavy atom. The summed E-state index contributed by atoms with van der Waals surface area (Å²) in [5, 5.41) is 0. The Balaban J connectivity index is 2.19. The molecule has 0 aliphatic carbocycles. The number of pyridine rings is 1. The zero-order valence-corrected chi connectivity index (χ0v) is 9.54. The number of hydrogen-bond acceptors (Lipinski definition) is 4. The molecule has 0 radical (unpaired) electrons. The fraction of sp³-hybridized carbons (Fsp3) is 0. The number of carbonyl (C=O) groups excluding carboxylic acids is 1. The molecule has 0 fully saturated rings. The van der Waals surface area contributed by atoms with Gasteiger partial charge in [-0.05, 0) is 37.0 Å². The molecule has 0 saturated carbocycles. The van der Waals surface area contributed by atoms with Gasteiger partial charge in [0.05, 0.1) is 17.4 Å². The number of nitrogens with zero attached hydrogens (tertiary/aromatic N) is 2. The highest BCUT2D eigenvalue weighted by molar-refractivity contribution is 5.92. The highest BCUT2D eigenvalue weighted by Crippen LogP contribution is 2.23. The quantitative estimate of drug-likeness (QED) is 0.834. The first-order valence-corrected chi connectivity index (χ1v) is 5.18. The molecule has 5 nitrogen and oxygen atoms in total. The van der Waals surface area contributed by atoms with Gasteiger partial charge in [0.1, 0.15) is 11.5 Å². The molecule has 1 amide bonds. The van der Waals surface area contributed by atoms with Gasteiger partial charge in [0.25, 0.3) is 0 Å². The van der Waals surface area contributed by atoms with Gasteiger partial charge in [0.15, 0.2) is 0 Å². The molecular weight excluding hydrogens is 230 g/mol. The van der Waals surface area contributed by atoms with Gasteiger partial charge in [-0.2, -0.15) is 0 Å². The fourth-order valence-corrected chi connectivity index (χ4v) is 1.37. The lowest BCUT2D eigenvalue weighted by Gasteiger charge is -2.06. The van der Waals surface area contributed by atoms with Crippen LogP contribution >= 0.6 is 0 Å². The van der Waals surface area contributed by atoms with Gasteiger partial charge in [-0.1, -0.05) is 0 Å². The van der Waals surface area contributed by atoms with E-state index in [0.29, 0.717) is 17.1 Å². The van der Waals surface area contributed by atoms with Gasteiger partial charge in [0, 0.05) is 6.20 Å². The van der Waals surface area contributed by atoms with Crippen LogP contribution in [0, 0.1) is 0 Å². The van der Waals surface area contributed by atoms with Crippen molar-refractivity contribution in [2.45, 2.75) is 0 Å². The van der Waals surface area contributed by atoms with Gasteiger partial charge in [0.2, 0.25) is 5.91 Å². The summed E-state index contributed by atoms with van der Waals surface area (Å²) in [5.41, 5.74) is 6.22. The predicted octanol–water partition coefficient (Wildman–Crippen LogP) is 2.30. The topological polar surface area (TPSA) is 77.6 Å². The van der Waals surface area contributed by atoms with Crippen molar-refractivity contribution in [3.05, 3.63) is 48.3 Å². The minimum absolute atomic E-state index is 0.303. The highest BCUT2D eigenvalue weighted by Gasteiger charge is 2.04. The van der Waals surface area contributed by atoms with Crippen molar-refractivity contribution in [2.24, 2.45) is 10.7 Å². The van der Waals surface area contributed by atoms with E-state index in [1.54, 1.807) is 24.3 Å². The van der Waals surface area contributed by atoms with Crippen LogP contribution in [-0.4, -0.2) is 17.6 Å². The van der Waals surface area contributed by atoms with Crippen LogP contribution in [0.4, 0.5) is 5.69 Å². The molecule has 0 aliphatic rings. The number of carbonyl (C=O) groups is 1. The fourth-order valence-electron chi connectivity index (χ4n) is 1.37. The first-order valence-electron chi connectivity index (χ1n) is 5.18. The summed E-state index contributed by atoms with van der Waals surface area (Å²) in [5.74, 6) is 0.524. The summed E-state index contributed by atoms with van der Waals surface area (Å²) in [4.78, 5) is 18.7. The zero-order chi connectivity index (χ0) is 13.0. The minimum atomic E-state index is -0.542. The summed E-state index contributed by atoms with van der Waals surface area (Å²) < 4.78 is 5.54. The molecule has 2 aromatic rings. The van der Waals surface area contributed by atoms with Crippen molar-refractivity contribution < 1.29 is 9.53 Å². The second-order valence-corrected chi connectivity index (χ2v) is 3.53. The van der Waals surface area contributed by atoms with Gasteiger partial charge in [-0.15, -0.1) is 0 Å². The second-order valence-electron chi connectivity index (χ2n) is 3.53. The van der Waals surface area contributed by atoms with Gasteiger partial charge >= 0.3 is 0 Å². The Kier molecular flexibility index (Phi) is 3.33. The van der Waals surface area contributed by atoms with Gasteiger partial charge in [-0.25, -0.2) is 0 Å². The molecule has 1 aromatic carbocycles. The van der Waals surface area contributed by atoms with Crippen molar-refractivity contribution >= 4 is 18.3 Å². The van der Waals surface area contributed by atoms with Crippen LogP contribution in [0.1, 0.15) is 10.4 Å². The average Bonchev–Trinajstić information content (AvgIpc) is 2.40. The van der Waals surface area contributed by atoms with Crippen LogP contribution in [0.5, 0.6) is 11.5 Å². The SMILES string of the molecule is C=Nc1ccc(Oc2cncc(C(N)=O)c2)cc1. The maximum atomic E-state index is 11.0. The second kappa shape index (κ2) is 5.09. The normalized spacial score (nSPS) is 9.78. The lowest BCUT2D eigenvalue weighted by molar-refractivity contribution is 0.0999. The molecule has 2 rings (SSSR count). The van der Waals surface area contributed by atoms with E-state index >= 15 is 0 Å². The standard InChI is InChI=1S/C13H11N3O2/c1-15-10-2-4-11(5-3-10)18-12-6-9(13(14)17)7-16-8-12/h2-8H,1H2,(H2,14,17). The molecule has 0 atom stereocenters. The van der Waals surface area contributed by atoms with Crippen molar-refractivity contribution in [1.82, 2.24) is 4.98 Å². The molecule has 0 bridgehead atoms. The number of rotatable bonds is 4. The van der Waals surface area contributed by atoms with Crippen LogP contribution in [0.2, 0.25) is 0 Å². The Morgan fingerprint density at radius 2 is 1.94 bits per heavy atom. The van der Waals surface area contributed by atoms with E-state index in [-0.39, 0.29) is 0 Å². The first-order chi connectivity index (χ1) is 8.69. The van der Waals surface area contributed by atoms with Crippen molar-refractivity contribution in [3.63, 3.8) is 0 Å². The van der Waals surface area contributed by atoms with E-state index < -0.39 is 5.91 Å². The van der Waals surface area contributed by atoms with E-state index in [1.807, 2.05) is 0 Å². The number of aromatic nitrogens is 1. The summed E-state index contributed by atoms with van der Waals surface area (Å²) in [7, 11) is 0. The van der Waals surface area contributed by atoms with Gasteiger partial charge in [-0.3, -0.25) is 14.8 Å². The van der Waals surface area contributed by atoms with Crippen molar-refractivity contribution in [1.29, 1.82) is 0 Å². The van der Waals surface area contributed by atoms with Crippen LogP contribution in [0.15, 0.2) is 47.7 Å². The van der Waals surface area contributed by atoms with Crippen LogP contribution in [0.25, 0.3) is 0 Å². The lowest BCUT2D eigenvalue weighted by Crippen LogP contribution is -2.11. The van der Waals surface area contributed by atoms with E-state index in [4.69, 9.17) is 10.5 Å². The third-order valence-corrected chi connectivity index (χ3v) is 2.25. The average molecular weight is 241 g/mol. The number of hydrogen-bond donors (Lipinski definition) is 1. The smallest absolute Gasteiger partial charge is 0.250 e. The molecule has 1 aromatic heterocycles. The van der Waals surface area contributed by atoms with E-state index in [9.17, 15) is 4.79 Å². The number of benzene rings is 1. The zero-order valence-electron chi connectivity index (χ0n) is 9.54. The minimum Gasteiger partial charge on any atom is -0.456 e. The van der Waals surface area contributed by atoms with E-state index in [2.05, 4.69) is 16.7 Å². The molecule has 18 heavy (non-hydrogen) atoms. The Labute approximate surface area is 104 Å². The molecule has 0 saturated heterocycles. The Morgan fingerprint density at radius 1 is 1.22 bits per heavy atom.